The van der Waals surface area contributed by atoms with Crippen molar-refractivity contribution in [1.82, 2.24) is 10.6 Å². The summed E-state index contributed by atoms with van der Waals surface area (Å²) in [4.78, 5) is 65.8. The molecule has 0 aromatic heterocycles. The van der Waals surface area contributed by atoms with E-state index < -0.39 is 67.1 Å². The average molecular weight is 347 g/mol. The van der Waals surface area contributed by atoms with Gasteiger partial charge in [0, 0.05) is 6.42 Å². The van der Waals surface area contributed by atoms with Crippen LogP contribution in [-0.4, -0.2) is 69.5 Å². The average Bonchev–Trinajstić information content (AvgIpc) is 2.45. The van der Waals surface area contributed by atoms with E-state index in [1.54, 1.807) is 0 Å². The van der Waals surface area contributed by atoms with E-state index in [-0.39, 0.29) is 6.29 Å². The maximum Gasteiger partial charge on any atom is 0.326 e. The van der Waals surface area contributed by atoms with Gasteiger partial charge in [-0.25, -0.2) is 9.59 Å². The predicted molar refractivity (Wildman–Crippen MR) is 74.7 cm³/mol. The van der Waals surface area contributed by atoms with Gasteiger partial charge in [0.25, 0.3) is 0 Å². The number of carboxylic acid groups (broad SMARTS) is 3. The van der Waals surface area contributed by atoms with Gasteiger partial charge in [-0.15, -0.1) is 0 Å². The standard InChI is InChI=1S/C12H17N3O9/c13-5(10(19)20)3-8(17)15-7(12(23)24)4-9(18)14-6(1-2-16)11(21)22/h2,5-7H,1,3-4,13H2,(H,14,18)(H,15,17)(H,19,20)(H,21,22)(H,23,24)/t5-,6-,7-/m0/s1. The molecule has 0 aliphatic carbocycles. The summed E-state index contributed by atoms with van der Waals surface area (Å²) in [5, 5.41) is 30.1. The van der Waals surface area contributed by atoms with E-state index in [4.69, 9.17) is 21.1 Å². The Morgan fingerprint density at radius 2 is 1.29 bits per heavy atom. The Morgan fingerprint density at radius 3 is 1.71 bits per heavy atom. The van der Waals surface area contributed by atoms with Crippen molar-refractivity contribution in [3.05, 3.63) is 0 Å². The molecule has 0 bridgehead atoms. The van der Waals surface area contributed by atoms with E-state index in [9.17, 15) is 28.8 Å². The number of rotatable bonds is 11. The van der Waals surface area contributed by atoms with Gasteiger partial charge in [-0.2, -0.15) is 0 Å². The van der Waals surface area contributed by atoms with Gasteiger partial charge in [-0.3, -0.25) is 14.4 Å². The van der Waals surface area contributed by atoms with Gasteiger partial charge < -0.3 is 36.5 Å². The molecule has 0 saturated carbocycles. The fourth-order valence-electron chi connectivity index (χ4n) is 1.50. The summed E-state index contributed by atoms with van der Waals surface area (Å²) >= 11 is 0. The lowest BCUT2D eigenvalue weighted by Gasteiger charge is -2.17. The van der Waals surface area contributed by atoms with Crippen molar-refractivity contribution in [3.63, 3.8) is 0 Å². The van der Waals surface area contributed by atoms with Crippen molar-refractivity contribution >= 4 is 36.0 Å². The van der Waals surface area contributed by atoms with Crippen molar-refractivity contribution in [3.8, 4) is 0 Å². The van der Waals surface area contributed by atoms with Crippen LogP contribution in [0.3, 0.4) is 0 Å². The molecule has 2 amide bonds. The lowest BCUT2D eigenvalue weighted by Crippen LogP contribution is -2.48. The molecule has 7 N–H and O–H groups in total. The molecule has 12 nitrogen and oxygen atoms in total. The highest BCUT2D eigenvalue weighted by Crippen LogP contribution is 1.98. The molecular formula is C12H17N3O9. The van der Waals surface area contributed by atoms with Crippen LogP contribution >= 0.6 is 0 Å². The number of aldehydes is 1. The number of carbonyl (C=O) groups is 6. The monoisotopic (exact) mass is 347 g/mol. The van der Waals surface area contributed by atoms with Crippen LogP contribution in [0, 0.1) is 0 Å². The molecule has 3 atom stereocenters. The summed E-state index contributed by atoms with van der Waals surface area (Å²) in [7, 11) is 0. The number of nitrogens with two attached hydrogens (primary N) is 1. The molecule has 0 saturated heterocycles. The second kappa shape index (κ2) is 9.89. The van der Waals surface area contributed by atoms with Gasteiger partial charge in [0.1, 0.15) is 24.4 Å². The summed E-state index contributed by atoms with van der Waals surface area (Å²) in [6.07, 6.45) is -1.77. The normalized spacial score (nSPS) is 13.9. The van der Waals surface area contributed by atoms with Crippen LogP contribution in [0.4, 0.5) is 0 Å². The van der Waals surface area contributed by atoms with Crippen LogP contribution in [0.2, 0.25) is 0 Å². The Labute approximate surface area is 135 Å². The first-order valence-electron chi connectivity index (χ1n) is 6.54. The Morgan fingerprint density at radius 1 is 0.833 bits per heavy atom. The van der Waals surface area contributed by atoms with Crippen LogP contribution in [-0.2, 0) is 28.8 Å². The zero-order valence-corrected chi connectivity index (χ0v) is 12.3. The minimum Gasteiger partial charge on any atom is -0.480 e. The second-order valence-electron chi connectivity index (χ2n) is 4.67. The van der Waals surface area contributed by atoms with Gasteiger partial charge in [-0.1, -0.05) is 0 Å². The fourth-order valence-corrected chi connectivity index (χ4v) is 1.50. The Bertz CT molecular complexity index is 534. The van der Waals surface area contributed by atoms with Crippen LogP contribution in [0.15, 0.2) is 0 Å². The molecule has 134 valence electrons. The highest BCUT2D eigenvalue weighted by molar-refractivity contribution is 5.91. The predicted octanol–water partition coefficient (Wildman–Crippen LogP) is -3.09. The summed E-state index contributed by atoms with van der Waals surface area (Å²) in [6.45, 7) is 0. The lowest BCUT2D eigenvalue weighted by molar-refractivity contribution is -0.145. The van der Waals surface area contributed by atoms with E-state index in [0.717, 1.165) is 0 Å². The van der Waals surface area contributed by atoms with E-state index in [2.05, 4.69) is 0 Å². The number of hydrogen-bond acceptors (Lipinski definition) is 7. The van der Waals surface area contributed by atoms with E-state index in [1.165, 1.54) is 0 Å². The minimum absolute atomic E-state index is 0.267. The molecule has 0 rings (SSSR count). The zero-order valence-electron chi connectivity index (χ0n) is 12.3. The molecule has 0 heterocycles. The summed E-state index contributed by atoms with van der Waals surface area (Å²) in [5.74, 6) is -6.58. The highest BCUT2D eigenvalue weighted by Gasteiger charge is 2.27. The molecule has 0 aromatic carbocycles. The van der Waals surface area contributed by atoms with E-state index in [0.29, 0.717) is 0 Å². The van der Waals surface area contributed by atoms with Gasteiger partial charge >= 0.3 is 17.9 Å². The Hall–Kier alpha value is -3.02. The topological polar surface area (TPSA) is 213 Å². The summed E-state index contributed by atoms with van der Waals surface area (Å²) in [6, 6.07) is -4.79. The minimum atomic E-state index is -1.72. The molecule has 0 fully saturated rings. The first-order chi connectivity index (χ1) is 11.1. The second-order valence-corrected chi connectivity index (χ2v) is 4.67. The van der Waals surface area contributed by atoms with Gasteiger partial charge in [-0.05, 0) is 0 Å². The van der Waals surface area contributed by atoms with Gasteiger partial charge in [0.2, 0.25) is 11.8 Å². The molecule has 12 heteroatoms. The third-order valence-electron chi connectivity index (χ3n) is 2.71. The molecule has 24 heavy (non-hydrogen) atoms. The van der Waals surface area contributed by atoms with E-state index >= 15 is 0 Å². The fraction of sp³-hybridized carbons (Fsp3) is 0.500. The molecule has 0 aliphatic rings. The molecular weight excluding hydrogens is 330 g/mol. The van der Waals surface area contributed by atoms with Crippen molar-refractivity contribution in [1.29, 1.82) is 0 Å². The smallest absolute Gasteiger partial charge is 0.326 e. The van der Waals surface area contributed by atoms with Gasteiger partial charge in [0.05, 0.1) is 12.8 Å². The molecule has 0 aliphatic heterocycles. The van der Waals surface area contributed by atoms with Crippen molar-refractivity contribution < 1.29 is 44.1 Å². The third-order valence-corrected chi connectivity index (χ3v) is 2.71. The number of carbonyl (C=O) groups excluding carboxylic acids is 3. The van der Waals surface area contributed by atoms with Crippen LogP contribution in [0.5, 0.6) is 0 Å². The molecule has 0 radical (unpaired) electrons. The molecule has 0 aromatic rings. The van der Waals surface area contributed by atoms with Crippen molar-refractivity contribution in [2.75, 3.05) is 0 Å². The maximum atomic E-state index is 11.6. The van der Waals surface area contributed by atoms with E-state index in [1.807, 2.05) is 10.6 Å². The first-order valence-corrected chi connectivity index (χ1v) is 6.54. The van der Waals surface area contributed by atoms with Gasteiger partial charge in [0.15, 0.2) is 0 Å². The largest absolute Gasteiger partial charge is 0.480 e. The Kier molecular flexibility index (Phi) is 8.64. The SMILES string of the molecule is N[C@@H](CC(=O)N[C@@H](CC(=O)N[C@@H](CC=O)C(=O)O)C(=O)O)C(=O)O. The van der Waals surface area contributed by atoms with Crippen LogP contribution in [0.1, 0.15) is 19.3 Å². The number of nitrogens with one attached hydrogen (secondary N) is 2. The maximum absolute atomic E-state index is 11.6. The van der Waals surface area contributed by atoms with Crippen molar-refractivity contribution in [2.24, 2.45) is 5.73 Å². The summed E-state index contributed by atoms with van der Waals surface area (Å²) < 4.78 is 0. The van der Waals surface area contributed by atoms with Crippen molar-refractivity contribution in [2.45, 2.75) is 37.4 Å². The third kappa shape index (κ3) is 7.84. The number of hydrogen-bond donors (Lipinski definition) is 6. The molecule has 0 spiro atoms. The summed E-state index contributed by atoms with van der Waals surface area (Å²) in [5.41, 5.74) is 5.12. The number of aliphatic carboxylic acids is 3. The quantitative estimate of drug-likeness (QED) is 0.207. The van der Waals surface area contributed by atoms with Crippen LogP contribution < -0.4 is 16.4 Å². The zero-order chi connectivity index (χ0) is 18.9. The van der Waals surface area contributed by atoms with Crippen LogP contribution in [0.25, 0.3) is 0 Å². The Balaban J connectivity index is 4.73. The first kappa shape index (κ1) is 21.0. The number of carboxylic acids is 3. The molecule has 0 unspecified atom stereocenters. The lowest BCUT2D eigenvalue weighted by atomic mass is 10.1. The highest BCUT2D eigenvalue weighted by atomic mass is 16.4. The number of amides is 2.